The predicted molar refractivity (Wildman–Crippen MR) is 98.5 cm³/mol. The Hall–Kier alpha value is -3.31. The number of alkyl halides is 5. The molecular formula is C19H18F5N5O2. The van der Waals surface area contributed by atoms with Crippen LogP contribution in [0.2, 0.25) is 0 Å². The number of carbonyl (C=O) groups excluding carboxylic acids is 1. The van der Waals surface area contributed by atoms with E-state index < -0.39 is 18.6 Å². The van der Waals surface area contributed by atoms with Crippen molar-refractivity contribution in [3.8, 4) is 5.75 Å². The highest BCUT2D eigenvalue weighted by Crippen LogP contribution is 2.27. The molecule has 31 heavy (non-hydrogen) atoms. The summed E-state index contributed by atoms with van der Waals surface area (Å²) in [5, 5.41) is 6.17. The first-order valence-electron chi connectivity index (χ1n) is 9.15. The van der Waals surface area contributed by atoms with Gasteiger partial charge in [-0.1, -0.05) is 12.1 Å². The molecule has 0 bridgehead atoms. The first-order valence-corrected chi connectivity index (χ1v) is 9.15. The molecule has 0 atom stereocenters. The number of carbonyl (C=O) groups is 1. The van der Waals surface area contributed by atoms with Crippen molar-refractivity contribution in [2.45, 2.75) is 46.0 Å². The van der Waals surface area contributed by atoms with Crippen LogP contribution in [-0.2, 0) is 23.9 Å². The maximum Gasteiger partial charge on any atom is 0.453 e. The Morgan fingerprint density at radius 3 is 2.45 bits per heavy atom. The quantitative estimate of drug-likeness (QED) is 0.565. The molecule has 0 aliphatic heterocycles. The largest absolute Gasteiger partial charge is 0.453 e. The Labute approximate surface area is 173 Å². The lowest BCUT2D eigenvalue weighted by molar-refractivity contribution is -0.144. The number of nitrogens with one attached hydrogen (secondary N) is 1. The van der Waals surface area contributed by atoms with Gasteiger partial charge in [0.05, 0.1) is 0 Å². The summed E-state index contributed by atoms with van der Waals surface area (Å²) >= 11 is 0. The van der Waals surface area contributed by atoms with E-state index in [0.717, 1.165) is 4.52 Å². The number of aromatic nitrogens is 4. The molecule has 0 unspecified atom stereocenters. The van der Waals surface area contributed by atoms with Crippen molar-refractivity contribution >= 4 is 11.7 Å². The van der Waals surface area contributed by atoms with E-state index in [9.17, 15) is 26.7 Å². The van der Waals surface area contributed by atoms with Crippen molar-refractivity contribution in [1.29, 1.82) is 0 Å². The topological polar surface area (TPSA) is 81.4 Å². The van der Waals surface area contributed by atoms with Crippen LogP contribution in [0.4, 0.5) is 22.0 Å². The number of hydrogen-bond donors (Lipinski definition) is 1. The fourth-order valence-electron chi connectivity index (χ4n) is 3.01. The van der Waals surface area contributed by atoms with E-state index in [1.165, 1.54) is 12.1 Å². The molecule has 1 aromatic carbocycles. The molecule has 2 aromatic heterocycles. The van der Waals surface area contributed by atoms with Gasteiger partial charge in [0, 0.05) is 24.4 Å². The minimum Gasteiger partial charge on any atom is -0.435 e. The zero-order valence-electron chi connectivity index (χ0n) is 16.5. The van der Waals surface area contributed by atoms with Gasteiger partial charge in [-0.3, -0.25) is 4.79 Å². The van der Waals surface area contributed by atoms with Crippen molar-refractivity contribution in [2.24, 2.45) is 0 Å². The first kappa shape index (κ1) is 22.4. The Balaban J connectivity index is 1.62. The zero-order chi connectivity index (χ0) is 22.8. The zero-order valence-corrected chi connectivity index (χ0v) is 16.5. The van der Waals surface area contributed by atoms with Gasteiger partial charge in [0.1, 0.15) is 5.75 Å². The van der Waals surface area contributed by atoms with E-state index in [1.807, 2.05) is 0 Å². The van der Waals surface area contributed by atoms with Crippen LogP contribution >= 0.6 is 0 Å². The predicted octanol–water partition coefficient (Wildman–Crippen LogP) is 3.61. The number of benzene rings is 1. The molecule has 3 rings (SSSR count). The highest BCUT2D eigenvalue weighted by atomic mass is 19.4. The normalized spacial score (nSPS) is 11.9. The van der Waals surface area contributed by atoms with Crippen molar-refractivity contribution in [2.75, 3.05) is 0 Å². The Morgan fingerprint density at radius 1 is 1.16 bits per heavy atom. The molecule has 0 aliphatic rings. The van der Waals surface area contributed by atoms with Gasteiger partial charge in [-0.05, 0) is 43.5 Å². The number of amides is 1. The highest BCUT2D eigenvalue weighted by Gasteiger charge is 2.36. The third-order valence-corrected chi connectivity index (χ3v) is 4.54. The number of ether oxygens (including phenoxy) is 1. The fraction of sp³-hybridized carbons (Fsp3) is 0.368. The maximum absolute atomic E-state index is 12.9. The third kappa shape index (κ3) is 5.44. The van der Waals surface area contributed by atoms with E-state index in [-0.39, 0.29) is 36.8 Å². The molecule has 0 radical (unpaired) electrons. The van der Waals surface area contributed by atoms with Gasteiger partial charge < -0.3 is 10.1 Å². The van der Waals surface area contributed by atoms with E-state index in [0.29, 0.717) is 22.5 Å². The third-order valence-electron chi connectivity index (χ3n) is 4.54. The van der Waals surface area contributed by atoms with Crippen molar-refractivity contribution in [3.63, 3.8) is 0 Å². The molecule has 0 saturated carbocycles. The second-order valence-electron chi connectivity index (χ2n) is 6.71. The molecule has 166 valence electrons. The fourth-order valence-corrected chi connectivity index (χ4v) is 3.01. The molecule has 12 heteroatoms. The summed E-state index contributed by atoms with van der Waals surface area (Å²) in [5.74, 6) is -1.71. The van der Waals surface area contributed by atoms with E-state index in [4.69, 9.17) is 0 Å². The van der Waals surface area contributed by atoms with E-state index in [2.05, 4.69) is 25.1 Å². The van der Waals surface area contributed by atoms with E-state index in [1.54, 1.807) is 26.0 Å². The lowest BCUT2D eigenvalue weighted by Gasteiger charge is -2.11. The molecule has 0 aliphatic carbocycles. The summed E-state index contributed by atoms with van der Waals surface area (Å²) in [6.07, 6.45) is -4.37. The second-order valence-corrected chi connectivity index (χ2v) is 6.71. The van der Waals surface area contributed by atoms with Crippen LogP contribution in [0.5, 0.6) is 5.75 Å². The molecule has 0 fully saturated rings. The van der Waals surface area contributed by atoms with Gasteiger partial charge in [0.25, 0.3) is 11.6 Å². The molecule has 7 nitrogen and oxygen atoms in total. The molecular weight excluding hydrogens is 425 g/mol. The minimum atomic E-state index is -4.68. The maximum atomic E-state index is 12.9. The Morgan fingerprint density at radius 2 is 1.84 bits per heavy atom. The number of rotatable bonds is 7. The summed E-state index contributed by atoms with van der Waals surface area (Å²) < 4.78 is 68.1. The summed E-state index contributed by atoms with van der Waals surface area (Å²) in [5.41, 5.74) is 2.18. The standard InChI is InChI=1S/C19H18F5N5O2/c1-10-14(11(2)29-18(26-10)27-16(28-29)19(22,23)24)7-8-15(30)25-9-12-3-5-13(6-4-12)31-17(20)21/h3-6,17H,7-9H2,1-2H3,(H,25,30). The monoisotopic (exact) mass is 443 g/mol. The molecule has 2 heterocycles. The highest BCUT2D eigenvalue weighted by molar-refractivity contribution is 5.76. The van der Waals surface area contributed by atoms with Crippen LogP contribution in [0, 0.1) is 13.8 Å². The smallest absolute Gasteiger partial charge is 0.435 e. The number of fused-ring (bicyclic) bond motifs is 1. The molecule has 3 aromatic rings. The van der Waals surface area contributed by atoms with Crippen LogP contribution in [0.1, 0.15) is 34.8 Å². The Bertz CT molecular complexity index is 1080. The molecule has 0 saturated heterocycles. The van der Waals surface area contributed by atoms with Gasteiger partial charge in [-0.25, -0.2) is 9.50 Å². The number of halogens is 5. The van der Waals surface area contributed by atoms with Crippen molar-refractivity contribution in [3.05, 3.63) is 52.6 Å². The average Bonchev–Trinajstić information content (AvgIpc) is 3.11. The van der Waals surface area contributed by atoms with Crippen molar-refractivity contribution < 1.29 is 31.5 Å². The van der Waals surface area contributed by atoms with Crippen molar-refractivity contribution in [1.82, 2.24) is 24.9 Å². The van der Waals surface area contributed by atoms with Gasteiger partial charge in [0.2, 0.25) is 5.91 Å². The van der Waals surface area contributed by atoms with Gasteiger partial charge in [-0.15, -0.1) is 5.10 Å². The van der Waals surface area contributed by atoms with Gasteiger partial charge in [-0.2, -0.15) is 26.9 Å². The lowest BCUT2D eigenvalue weighted by Crippen LogP contribution is -2.23. The summed E-state index contributed by atoms with van der Waals surface area (Å²) in [6, 6.07) is 5.84. The van der Waals surface area contributed by atoms with Gasteiger partial charge >= 0.3 is 12.8 Å². The van der Waals surface area contributed by atoms with E-state index >= 15 is 0 Å². The number of aryl methyl sites for hydroxylation is 2. The SMILES string of the molecule is Cc1nc2nc(C(F)(F)F)nn2c(C)c1CCC(=O)NCc1ccc(OC(F)F)cc1. The van der Waals surface area contributed by atoms with Crippen LogP contribution in [0.15, 0.2) is 24.3 Å². The van der Waals surface area contributed by atoms with Gasteiger partial charge in [0.15, 0.2) is 0 Å². The summed E-state index contributed by atoms with van der Waals surface area (Å²) in [7, 11) is 0. The number of nitrogens with zero attached hydrogens (tertiary/aromatic N) is 4. The average molecular weight is 443 g/mol. The molecule has 1 N–H and O–H groups in total. The van der Waals surface area contributed by atoms with Crippen LogP contribution < -0.4 is 10.1 Å². The lowest BCUT2D eigenvalue weighted by atomic mass is 10.1. The summed E-state index contributed by atoms with van der Waals surface area (Å²) in [6.45, 7) is 0.489. The summed E-state index contributed by atoms with van der Waals surface area (Å²) in [4.78, 5) is 19.7. The van der Waals surface area contributed by atoms with Crippen LogP contribution in [-0.4, -0.2) is 32.1 Å². The van der Waals surface area contributed by atoms with Crippen LogP contribution in [0.3, 0.4) is 0 Å². The first-order chi connectivity index (χ1) is 14.5. The second kappa shape index (κ2) is 8.82. The minimum absolute atomic E-state index is 0.0145. The molecule has 0 spiro atoms. The Kier molecular flexibility index (Phi) is 6.37. The molecule has 1 amide bonds. The number of hydrogen-bond acceptors (Lipinski definition) is 5. The van der Waals surface area contributed by atoms with Crippen LogP contribution in [0.25, 0.3) is 5.78 Å².